The first kappa shape index (κ1) is 12.8. The lowest BCUT2D eigenvalue weighted by Gasteiger charge is -2.22. The highest BCUT2D eigenvalue weighted by Crippen LogP contribution is 2.36. The summed E-state index contributed by atoms with van der Waals surface area (Å²) in [5, 5.41) is 8.85. The van der Waals surface area contributed by atoms with Crippen LogP contribution in [0.1, 0.15) is 40.0 Å². The maximum atomic E-state index is 10.8. The highest BCUT2D eigenvalue weighted by atomic mass is 16.8. The minimum atomic E-state index is -0.740. The average Bonchev–Trinajstić information content (AvgIpc) is 2.71. The molecule has 0 aromatic rings. The van der Waals surface area contributed by atoms with Gasteiger partial charge in [-0.05, 0) is 33.6 Å². The van der Waals surface area contributed by atoms with Crippen LogP contribution in [0.4, 0.5) is 0 Å². The molecule has 1 N–H and O–H groups in total. The largest absolute Gasteiger partial charge is 0.481 e. The Hall–Kier alpha value is -0.650. The minimum absolute atomic E-state index is 0.0407. The molecular formula is C12H21NO4. The number of epoxide rings is 1. The van der Waals surface area contributed by atoms with Gasteiger partial charge in [-0.15, -0.1) is 0 Å². The molecule has 2 unspecified atom stereocenters. The van der Waals surface area contributed by atoms with Crippen LogP contribution in [0.5, 0.6) is 0 Å². The maximum Gasteiger partial charge on any atom is 0.304 e. The van der Waals surface area contributed by atoms with Crippen molar-refractivity contribution < 1.29 is 19.4 Å². The molecule has 2 fully saturated rings. The Morgan fingerprint density at radius 3 is 2.82 bits per heavy atom. The molecule has 0 saturated carbocycles. The molecule has 2 aliphatic rings. The first-order valence-electron chi connectivity index (χ1n) is 6.17. The third kappa shape index (κ3) is 3.40. The number of carbonyl (C=O) groups is 1. The molecular weight excluding hydrogens is 222 g/mol. The second-order valence-electron chi connectivity index (χ2n) is 5.76. The molecule has 2 saturated heterocycles. The van der Waals surface area contributed by atoms with Gasteiger partial charge in [0, 0.05) is 12.6 Å². The van der Waals surface area contributed by atoms with Crippen LogP contribution in [0.25, 0.3) is 0 Å². The Morgan fingerprint density at radius 1 is 1.53 bits per heavy atom. The number of rotatable bonds is 4. The van der Waals surface area contributed by atoms with E-state index in [2.05, 4.69) is 4.90 Å². The molecule has 2 heterocycles. The van der Waals surface area contributed by atoms with Gasteiger partial charge in [-0.25, -0.2) is 0 Å². The van der Waals surface area contributed by atoms with E-state index in [1.54, 1.807) is 0 Å². The van der Waals surface area contributed by atoms with Crippen molar-refractivity contribution in [1.82, 2.24) is 4.90 Å². The van der Waals surface area contributed by atoms with E-state index in [-0.39, 0.29) is 30.6 Å². The Morgan fingerprint density at radius 2 is 2.24 bits per heavy atom. The van der Waals surface area contributed by atoms with E-state index >= 15 is 0 Å². The topological polar surface area (TPSA) is 62.3 Å². The summed E-state index contributed by atoms with van der Waals surface area (Å²) < 4.78 is 11.2. The SMILES string of the molecule is CC(C)(C)OC1OC1N1CCC[C@H]1CC(=O)O. The summed E-state index contributed by atoms with van der Waals surface area (Å²) in [7, 11) is 0. The van der Waals surface area contributed by atoms with Crippen LogP contribution in [0.15, 0.2) is 0 Å². The Balaban J connectivity index is 1.85. The summed E-state index contributed by atoms with van der Waals surface area (Å²) in [5.74, 6) is -0.740. The van der Waals surface area contributed by atoms with Crippen molar-refractivity contribution >= 4 is 5.97 Å². The fourth-order valence-corrected chi connectivity index (χ4v) is 2.37. The fourth-order valence-electron chi connectivity index (χ4n) is 2.37. The average molecular weight is 243 g/mol. The number of carboxylic acid groups (broad SMARTS) is 1. The van der Waals surface area contributed by atoms with Crippen molar-refractivity contribution in [2.75, 3.05) is 6.54 Å². The molecule has 0 aliphatic carbocycles. The van der Waals surface area contributed by atoms with E-state index in [1.807, 2.05) is 20.8 Å². The summed E-state index contributed by atoms with van der Waals surface area (Å²) in [6.07, 6.45) is 1.95. The lowest BCUT2D eigenvalue weighted by atomic mass is 10.1. The molecule has 5 heteroatoms. The Kier molecular flexibility index (Phi) is 3.43. The number of aliphatic carboxylic acids is 1. The minimum Gasteiger partial charge on any atom is -0.481 e. The van der Waals surface area contributed by atoms with Gasteiger partial charge in [0.15, 0.2) is 12.5 Å². The second kappa shape index (κ2) is 4.55. The van der Waals surface area contributed by atoms with Crippen molar-refractivity contribution in [1.29, 1.82) is 0 Å². The molecule has 98 valence electrons. The molecule has 0 spiro atoms. The highest BCUT2D eigenvalue weighted by molar-refractivity contribution is 5.67. The number of carboxylic acids is 1. The predicted octanol–water partition coefficient (Wildman–Crippen LogP) is 1.42. The van der Waals surface area contributed by atoms with E-state index in [9.17, 15) is 4.79 Å². The van der Waals surface area contributed by atoms with Crippen molar-refractivity contribution in [3.63, 3.8) is 0 Å². The third-order valence-corrected chi connectivity index (χ3v) is 3.06. The van der Waals surface area contributed by atoms with Crippen LogP contribution in [-0.4, -0.2) is 46.7 Å². The zero-order valence-electron chi connectivity index (χ0n) is 10.7. The molecule has 2 rings (SSSR count). The summed E-state index contributed by atoms with van der Waals surface area (Å²) in [5.41, 5.74) is -0.221. The zero-order valence-corrected chi connectivity index (χ0v) is 10.7. The Labute approximate surface area is 102 Å². The van der Waals surface area contributed by atoms with E-state index in [1.165, 1.54) is 0 Å². The first-order valence-corrected chi connectivity index (χ1v) is 6.17. The predicted molar refractivity (Wildman–Crippen MR) is 61.5 cm³/mol. The van der Waals surface area contributed by atoms with Gasteiger partial charge in [0.1, 0.15) is 0 Å². The van der Waals surface area contributed by atoms with Crippen LogP contribution >= 0.6 is 0 Å². The van der Waals surface area contributed by atoms with Gasteiger partial charge in [0.25, 0.3) is 0 Å². The number of hydrogen-bond acceptors (Lipinski definition) is 4. The number of likely N-dealkylation sites (tertiary alicyclic amines) is 1. The van der Waals surface area contributed by atoms with Crippen LogP contribution in [-0.2, 0) is 14.3 Å². The van der Waals surface area contributed by atoms with Gasteiger partial charge in [0.2, 0.25) is 0 Å². The fraction of sp³-hybridized carbons (Fsp3) is 0.917. The van der Waals surface area contributed by atoms with Gasteiger partial charge in [0.05, 0.1) is 12.0 Å². The van der Waals surface area contributed by atoms with E-state index < -0.39 is 5.97 Å². The van der Waals surface area contributed by atoms with Gasteiger partial charge >= 0.3 is 5.97 Å². The van der Waals surface area contributed by atoms with Crippen LogP contribution in [0, 0.1) is 0 Å². The van der Waals surface area contributed by atoms with Crippen LogP contribution in [0.2, 0.25) is 0 Å². The summed E-state index contributed by atoms with van der Waals surface area (Å²) in [4.78, 5) is 12.9. The molecule has 17 heavy (non-hydrogen) atoms. The molecule has 3 atom stereocenters. The lowest BCUT2D eigenvalue weighted by molar-refractivity contribution is -0.138. The van der Waals surface area contributed by atoms with Crippen molar-refractivity contribution in [2.45, 2.75) is 64.2 Å². The summed E-state index contributed by atoms with van der Waals surface area (Å²) in [6, 6.07) is 0.103. The number of ether oxygens (including phenoxy) is 2. The number of nitrogens with zero attached hydrogens (tertiary/aromatic N) is 1. The quantitative estimate of drug-likeness (QED) is 0.757. The molecule has 0 aromatic carbocycles. The van der Waals surface area contributed by atoms with Crippen molar-refractivity contribution in [3.8, 4) is 0 Å². The summed E-state index contributed by atoms with van der Waals surface area (Å²) in [6.45, 7) is 6.88. The highest BCUT2D eigenvalue weighted by Gasteiger charge is 2.50. The molecule has 0 radical (unpaired) electrons. The standard InChI is InChI=1S/C12H21NO4/c1-12(2,3)17-11-10(16-11)13-6-4-5-8(13)7-9(14)15/h8,10-11H,4-7H2,1-3H3,(H,14,15)/t8-,10?,11?/m0/s1. The maximum absolute atomic E-state index is 10.8. The Bertz CT molecular complexity index is 299. The molecule has 0 aromatic heterocycles. The van der Waals surface area contributed by atoms with Crippen LogP contribution in [0.3, 0.4) is 0 Å². The molecule has 0 amide bonds. The molecule has 0 bridgehead atoms. The number of hydrogen-bond donors (Lipinski definition) is 1. The second-order valence-corrected chi connectivity index (χ2v) is 5.76. The van der Waals surface area contributed by atoms with Crippen molar-refractivity contribution in [3.05, 3.63) is 0 Å². The summed E-state index contributed by atoms with van der Waals surface area (Å²) >= 11 is 0. The van der Waals surface area contributed by atoms with Gasteiger partial charge < -0.3 is 14.6 Å². The zero-order chi connectivity index (χ0) is 12.6. The van der Waals surface area contributed by atoms with E-state index in [0.717, 1.165) is 19.4 Å². The normalized spacial score (nSPS) is 33.9. The molecule has 5 nitrogen and oxygen atoms in total. The van der Waals surface area contributed by atoms with E-state index in [4.69, 9.17) is 14.6 Å². The van der Waals surface area contributed by atoms with E-state index in [0.29, 0.717) is 0 Å². The lowest BCUT2D eigenvalue weighted by Crippen LogP contribution is -2.36. The van der Waals surface area contributed by atoms with Gasteiger partial charge in [-0.2, -0.15) is 0 Å². The first-order chi connectivity index (χ1) is 7.87. The van der Waals surface area contributed by atoms with Crippen LogP contribution < -0.4 is 0 Å². The molecule has 2 aliphatic heterocycles. The third-order valence-electron chi connectivity index (χ3n) is 3.06. The van der Waals surface area contributed by atoms with Gasteiger partial charge in [-0.1, -0.05) is 0 Å². The van der Waals surface area contributed by atoms with Crippen molar-refractivity contribution in [2.24, 2.45) is 0 Å². The van der Waals surface area contributed by atoms with Gasteiger partial charge in [-0.3, -0.25) is 9.69 Å². The monoisotopic (exact) mass is 243 g/mol. The smallest absolute Gasteiger partial charge is 0.304 e.